The second kappa shape index (κ2) is 7.53. The van der Waals surface area contributed by atoms with Crippen LogP contribution in [0.15, 0.2) is 67.1 Å². The summed E-state index contributed by atoms with van der Waals surface area (Å²) in [6.07, 6.45) is 8.31. The molecular weight excluding hydrogens is 400 g/mol. The van der Waals surface area contributed by atoms with Crippen LogP contribution in [-0.4, -0.2) is 33.3 Å². The summed E-state index contributed by atoms with van der Waals surface area (Å²) < 4.78 is 5.96. The lowest BCUT2D eigenvalue weighted by Crippen LogP contribution is -2.45. The molecule has 2 aliphatic rings. The first kappa shape index (κ1) is 19.1. The molecule has 0 amide bonds. The maximum absolute atomic E-state index is 6.69. The highest BCUT2D eigenvalue weighted by atomic mass is 16.5. The van der Waals surface area contributed by atoms with Gasteiger partial charge in [-0.05, 0) is 47.9 Å². The first-order valence-electron chi connectivity index (χ1n) is 11.0. The quantitative estimate of drug-likeness (QED) is 0.530. The zero-order chi connectivity index (χ0) is 21.5. The number of piperidine rings is 1. The first-order valence-corrected chi connectivity index (χ1v) is 11.0. The maximum atomic E-state index is 6.69. The van der Waals surface area contributed by atoms with Crippen LogP contribution in [0.3, 0.4) is 0 Å². The predicted molar refractivity (Wildman–Crippen MR) is 123 cm³/mol. The maximum Gasteiger partial charge on any atom is 0.257 e. The fourth-order valence-electron chi connectivity index (χ4n) is 5.20. The van der Waals surface area contributed by atoms with Crippen molar-refractivity contribution in [3.05, 3.63) is 78.2 Å². The molecule has 2 aromatic heterocycles. The molecule has 1 aliphatic heterocycles. The number of aromatic nitrogens is 4. The van der Waals surface area contributed by atoms with E-state index < -0.39 is 0 Å². The summed E-state index contributed by atoms with van der Waals surface area (Å²) in [5.41, 5.74) is 9.54. The van der Waals surface area contributed by atoms with Gasteiger partial charge >= 0.3 is 0 Å². The molecule has 160 valence electrons. The monoisotopic (exact) mass is 424 g/mol. The number of pyridine rings is 1. The van der Waals surface area contributed by atoms with Crippen molar-refractivity contribution in [2.24, 2.45) is 11.1 Å². The zero-order valence-corrected chi connectivity index (χ0v) is 17.7. The molecule has 4 aromatic rings. The van der Waals surface area contributed by atoms with Gasteiger partial charge in [-0.2, -0.15) is 0 Å². The van der Waals surface area contributed by atoms with E-state index >= 15 is 0 Å². The highest BCUT2D eigenvalue weighted by Gasteiger charge is 2.46. The molecule has 1 aliphatic carbocycles. The Morgan fingerprint density at radius 1 is 0.969 bits per heavy atom. The standard InChI is InChI=1S/C25H24N6O/c26-23-20-6-2-1-4-17(20)14-25(23)9-12-31(13-10-25)24-28-16-22(29-30-24)32-21-7-3-5-18-15-27-11-8-19(18)21/h1-8,11,15-16,23H,9-10,12-14,26H2/t23-/m1/s1. The summed E-state index contributed by atoms with van der Waals surface area (Å²) in [5.74, 6) is 1.72. The first-order chi connectivity index (χ1) is 15.7. The number of nitrogens with two attached hydrogens (primary N) is 1. The van der Waals surface area contributed by atoms with Crippen molar-refractivity contribution < 1.29 is 4.74 Å². The van der Waals surface area contributed by atoms with Crippen LogP contribution in [0.25, 0.3) is 10.8 Å². The fraction of sp³-hybridized carbons (Fsp3) is 0.280. The number of anilines is 1. The topological polar surface area (TPSA) is 90.0 Å². The van der Waals surface area contributed by atoms with Gasteiger partial charge in [0, 0.05) is 42.3 Å². The third kappa shape index (κ3) is 3.17. The summed E-state index contributed by atoms with van der Waals surface area (Å²) in [5, 5.41) is 10.6. The van der Waals surface area contributed by atoms with Crippen LogP contribution in [0.2, 0.25) is 0 Å². The van der Waals surface area contributed by atoms with Gasteiger partial charge in [0.05, 0.1) is 6.20 Å². The minimum Gasteiger partial charge on any atom is -0.436 e. The van der Waals surface area contributed by atoms with Gasteiger partial charge in [0.2, 0.25) is 5.95 Å². The van der Waals surface area contributed by atoms with Crippen molar-refractivity contribution in [2.45, 2.75) is 25.3 Å². The molecule has 3 heterocycles. The molecule has 6 rings (SSSR count). The van der Waals surface area contributed by atoms with Crippen molar-refractivity contribution in [1.29, 1.82) is 0 Å². The van der Waals surface area contributed by atoms with E-state index in [0.29, 0.717) is 17.6 Å². The van der Waals surface area contributed by atoms with Gasteiger partial charge in [-0.3, -0.25) is 4.98 Å². The van der Waals surface area contributed by atoms with Gasteiger partial charge in [-0.25, -0.2) is 4.98 Å². The Kier molecular flexibility index (Phi) is 4.50. The van der Waals surface area contributed by atoms with Gasteiger partial charge in [0.15, 0.2) is 0 Å². The van der Waals surface area contributed by atoms with Crippen molar-refractivity contribution in [3.8, 4) is 11.6 Å². The summed E-state index contributed by atoms with van der Waals surface area (Å²) in [6, 6.07) is 16.5. The van der Waals surface area contributed by atoms with Crippen molar-refractivity contribution in [1.82, 2.24) is 20.2 Å². The van der Waals surface area contributed by atoms with E-state index in [2.05, 4.69) is 49.3 Å². The molecule has 1 saturated heterocycles. The lowest BCUT2D eigenvalue weighted by molar-refractivity contribution is 0.186. The largest absolute Gasteiger partial charge is 0.436 e. The number of ether oxygens (including phenoxy) is 1. The van der Waals surface area contributed by atoms with Crippen molar-refractivity contribution >= 4 is 16.7 Å². The fourth-order valence-corrected chi connectivity index (χ4v) is 5.20. The Morgan fingerprint density at radius 2 is 1.84 bits per heavy atom. The smallest absolute Gasteiger partial charge is 0.257 e. The Hall–Kier alpha value is -3.58. The average molecular weight is 425 g/mol. The highest BCUT2D eigenvalue weighted by molar-refractivity contribution is 5.87. The summed E-state index contributed by atoms with van der Waals surface area (Å²) in [4.78, 5) is 10.9. The molecule has 0 saturated carbocycles. The van der Waals surface area contributed by atoms with Crippen LogP contribution < -0.4 is 15.4 Å². The summed E-state index contributed by atoms with van der Waals surface area (Å²) in [7, 11) is 0. The third-order valence-corrected chi connectivity index (χ3v) is 7.02. The molecule has 0 unspecified atom stereocenters. The zero-order valence-electron chi connectivity index (χ0n) is 17.7. The normalized spacial score (nSPS) is 19.3. The number of hydrogen-bond donors (Lipinski definition) is 1. The van der Waals surface area contributed by atoms with Crippen LogP contribution in [0.1, 0.15) is 30.0 Å². The number of benzene rings is 2. The van der Waals surface area contributed by atoms with Crippen LogP contribution in [-0.2, 0) is 6.42 Å². The van der Waals surface area contributed by atoms with Gasteiger partial charge in [0.1, 0.15) is 5.75 Å². The average Bonchev–Trinajstić information content (AvgIpc) is 3.12. The van der Waals surface area contributed by atoms with Gasteiger partial charge in [0.25, 0.3) is 5.88 Å². The van der Waals surface area contributed by atoms with Gasteiger partial charge in [-0.15, -0.1) is 10.2 Å². The third-order valence-electron chi connectivity index (χ3n) is 7.02. The number of hydrogen-bond acceptors (Lipinski definition) is 7. The lowest BCUT2D eigenvalue weighted by atomic mass is 9.73. The Bertz CT molecular complexity index is 1260. The SMILES string of the molecule is N[C@@H]1c2ccccc2CC12CCN(c1ncc(Oc3cccc4cnccc34)nn1)CC2. The molecule has 7 nitrogen and oxygen atoms in total. The molecule has 1 spiro atoms. The van der Waals surface area contributed by atoms with Crippen LogP contribution >= 0.6 is 0 Å². The predicted octanol–water partition coefficient (Wildman–Crippen LogP) is 4.05. The highest BCUT2D eigenvalue weighted by Crippen LogP contribution is 2.50. The van der Waals surface area contributed by atoms with E-state index in [0.717, 1.165) is 43.1 Å². The van der Waals surface area contributed by atoms with Gasteiger partial charge < -0.3 is 15.4 Å². The van der Waals surface area contributed by atoms with E-state index in [1.165, 1.54) is 11.1 Å². The minimum absolute atomic E-state index is 0.103. The van der Waals surface area contributed by atoms with Crippen LogP contribution in [0.4, 0.5) is 5.95 Å². The molecule has 1 fully saturated rings. The molecule has 32 heavy (non-hydrogen) atoms. The van der Waals surface area contributed by atoms with E-state index in [1.54, 1.807) is 12.4 Å². The van der Waals surface area contributed by atoms with Crippen LogP contribution in [0.5, 0.6) is 11.6 Å². The van der Waals surface area contributed by atoms with Gasteiger partial charge in [-0.1, -0.05) is 36.4 Å². The molecule has 7 heteroatoms. The Labute approximate surface area is 186 Å². The Morgan fingerprint density at radius 3 is 2.66 bits per heavy atom. The number of rotatable bonds is 3. The number of nitrogens with zero attached hydrogens (tertiary/aromatic N) is 5. The molecule has 2 N–H and O–H groups in total. The molecular formula is C25H24N6O. The summed E-state index contributed by atoms with van der Waals surface area (Å²) >= 11 is 0. The molecule has 0 bridgehead atoms. The number of fused-ring (bicyclic) bond motifs is 2. The molecule has 1 atom stereocenters. The second-order valence-corrected chi connectivity index (χ2v) is 8.75. The van der Waals surface area contributed by atoms with Crippen molar-refractivity contribution in [3.63, 3.8) is 0 Å². The van der Waals surface area contributed by atoms with E-state index in [4.69, 9.17) is 10.5 Å². The van der Waals surface area contributed by atoms with E-state index in [9.17, 15) is 0 Å². The van der Waals surface area contributed by atoms with Crippen LogP contribution in [0, 0.1) is 5.41 Å². The molecule has 2 aromatic carbocycles. The lowest BCUT2D eigenvalue weighted by Gasteiger charge is -2.42. The van der Waals surface area contributed by atoms with E-state index in [1.807, 2.05) is 30.5 Å². The molecule has 0 radical (unpaired) electrons. The summed E-state index contributed by atoms with van der Waals surface area (Å²) in [6.45, 7) is 1.75. The second-order valence-electron chi connectivity index (χ2n) is 8.75. The Balaban J connectivity index is 1.15. The van der Waals surface area contributed by atoms with Crippen molar-refractivity contribution in [2.75, 3.05) is 18.0 Å². The van der Waals surface area contributed by atoms with E-state index in [-0.39, 0.29) is 11.5 Å². The minimum atomic E-state index is 0.103.